The average molecular weight is 760 g/mol. The Morgan fingerprint density at radius 3 is 1.46 bits per heavy atom. The maximum atomic E-state index is 12.4. The van der Waals surface area contributed by atoms with Gasteiger partial charge in [-0.2, -0.15) is 0 Å². The van der Waals surface area contributed by atoms with Crippen LogP contribution in [0.5, 0.6) is 0 Å². The molecule has 0 spiro atoms. The molecule has 1 amide bonds. The highest BCUT2D eigenvalue weighted by atomic mass is 16.5. The van der Waals surface area contributed by atoms with Crippen LogP contribution in [0.15, 0.2) is 36.5 Å². The van der Waals surface area contributed by atoms with Gasteiger partial charge < -0.3 is 20.3 Å². The highest BCUT2D eigenvalue weighted by Crippen LogP contribution is 2.14. The van der Waals surface area contributed by atoms with Gasteiger partial charge in [-0.1, -0.05) is 172 Å². The monoisotopic (exact) mass is 760 g/mol. The molecule has 3 N–H and O–H groups in total. The van der Waals surface area contributed by atoms with E-state index in [-0.39, 0.29) is 18.5 Å². The lowest BCUT2D eigenvalue weighted by Gasteiger charge is -2.22. The van der Waals surface area contributed by atoms with Gasteiger partial charge in [0.2, 0.25) is 5.91 Å². The molecule has 0 bridgehead atoms. The number of amides is 1. The molecule has 0 radical (unpaired) electrons. The zero-order chi connectivity index (χ0) is 39.4. The quantitative estimate of drug-likeness (QED) is 0.0249. The third-order valence-corrected chi connectivity index (χ3v) is 10.4. The predicted molar refractivity (Wildman–Crippen MR) is 232 cm³/mol. The van der Waals surface area contributed by atoms with E-state index in [9.17, 15) is 19.8 Å². The topological polar surface area (TPSA) is 95.9 Å². The Morgan fingerprint density at radius 2 is 0.926 bits per heavy atom. The minimum absolute atomic E-state index is 0.0329. The fraction of sp³-hybridized carbons (Fsp3) is 0.833. The van der Waals surface area contributed by atoms with Crippen molar-refractivity contribution < 1.29 is 24.5 Å². The van der Waals surface area contributed by atoms with Gasteiger partial charge in [0.25, 0.3) is 0 Å². The summed E-state index contributed by atoms with van der Waals surface area (Å²) in [7, 11) is 0. The molecule has 0 saturated heterocycles. The van der Waals surface area contributed by atoms with Gasteiger partial charge in [0.1, 0.15) is 0 Å². The average Bonchev–Trinajstić information content (AvgIpc) is 3.17. The molecule has 0 aromatic carbocycles. The van der Waals surface area contributed by atoms with Gasteiger partial charge in [-0.05, 0) is 83.5 Å². The molecule has 6 nitrogen and oxygen atoms in total. The van der Waals surface area contributed by atoms with Crippen molar-refractivity contribution in [2.75, 3.05) is 13.2 Å². The number of allylic oxidation sites excluding steroid dienone is 6. The highest BCUT2D eigenvalue weighted by Gasteiger charge is 2.20. The predicted octanol–water partition coefficient (Wildman–Crippen LogP) is 13.3. The number of aliphatic hydroxyl groups excluding tert-OH is 2. The summed E-state index contributed by atoms with van der Waals surface area (Å²) in [6, 6.07) is -0.556. The van der Waals surface area contributed by atoms with Crippen molar-refractivity contribution in [1.29, 1.82) is 0 Å². The minimum atomic E-state index is -0.677. The van der Waals surface area contributed by atoms with Crippen molar-refractivity contribution in [3.8, 4) is 0 Å². The number of ether oxygens (including phenoxy) is 1. The van der Waals surface area contributed by atoms with E-state index in [0.29, 0.717) is 25.9 Å². The van der Waals surface area contributed by atoms with Gasteiger partial charge in [0, 0.05) is 12.8 Å². The molecule has 2 unspecified atom stereocenters. The molecular weight excluding hydrogens is 671 g/mol. The third-order valence-electron chi connectivity index (χ3n) is 10.4. The molecule has 0 aromatic rings. The number of unbranched alkanes of at least 4 members (excludes halogenated alkanes) is 26. The summed E-state index contributed by atoms with van der Waals surface area (Å²) in [5.74, 6) is -0.0941. The van der Waals surface area contributed by atoms with E-state index >= 15 is 0 Å². The Balaban J connectivity index is 3.54. The fourth-order valence-electron chi connectivity index (χ4n) is 6.80. The molecule has 0 aliphatic heterocycles. The van der Waals surface area contributed by atoms with Crippen LogP contribution < -0.4 is 5.32 Å². The molecule has 2 atom stereocenters. The molecule has 54 heavy (non-hydrogen) atoms. The molecule has 6 heteroatoms. The fourth-order valence-corrected chi connectivity index (χ4v) is 6.80. The van der Waals surface area contributed by atoms with E-state index in [0.717, 1.165) is 77.0 Å². The van der Waals surface area contributed by atoms with E-state index in [1.54, 1.807) is 0 Å². The summed E-state index contributed by atoms with van der Waals surface area (Å²) >= 11 is 0. The van der Waals surface area contributed by atoms with E-state index in [4.69, 9.17) is 4.74 Å². The number of hydrogen-bond donors (Lipinski definition) is 3. The van der Waals surface area contributed by atoms with E-state index in [1.165, 1.54) is 122 Å². The first kappa shape index (κ1) is 52.1. The minimum Gasteiger partial charge on any atom is -0.466 e. The van der Waals surface area contributed by atoms with E-state index in [2.05, 4.69) is 55.6 Å². The second-order valence-corrected chi connectivity index (χ2v) is 15.8. The third kappa shape index (κ3) is 39.8. The van der Waals surface area contributed by atoms with E-state index in [1.807, 2.05) is 0 Å². The van der Waals surface area contributed by atoms with Gasteiger partial charge in [-0.25, -0.2) is 0 Å². The first-order valence-electron chi connectivity index (χ1n) is 23.3. The normalized spacial score (nSPS) is 13.0. The molecule has 0 heterocycles. The molecule has 0 fully saturated rings. The molecule has 0 aliphatic rings. The van der Waals surface area contributed by atoms with Crippen LogP contribution in [0, 0.1) is 0 Å². The first-order valence-corrected chi connectivity index (χ1v) is 23.3. The van der Waals surface area contributed by atoms with Crippen LogP contribution in [0.4, 0.5) is 0 Å². The lowest BCUT2D eigenvalue weighted by Crippen LogP contribution is -2.45. The number of aliphatic hydroxyl groups is 2. The lowest BCUT2D eigenvalue weighted by molar-refractivity contribution is -0.143. The number of rotatable bonds is 42. The van der Waals surface area contributed by atoms with Gasteiger partial charge in [-0.3, -0.25) is 9.59 Å². The molecule has 0 saturated carbocycles. The number of esters is 1. The van der Waals surface area contributed by atoms with Crippen molar-refractivity contribution >= 4 is 11.9 Å². The van der Waals surface area contributed by atoms with Crippen LogP contribution in [0.25, 0.3) is 0 Å². The van der Waals surface area contributed by atoms with E-state index < -0.39 is 12.1 Å². The zero-order valence-corrected chi connectivity index (χ0v) is 35.7. The number of carbonyl (C=O) groups excluding carboxylic acids is 2. The Bertz CT molecular complexity index is 884. The smallest absolute Gasteiger partial charge is 0.305 e. The second-order valence-electron chi connectivity index (χ2n) is 15.8. The van der Waals surface area contributed by atoms with Gasteiger partial charge in [-0.15, -0.1) is 0 Å². The Morgan fingerprint density at radius 1 is 0.519 bits per heavy atom. The summed E-state index contributed by atoms with van der Waals surface area (Å²) < 4.78 is 5.41. The van der Waals surface area contributed by atoms with Gasteiger partial charge >= 0.3 is 5.97 Å². The number of carbonyl (C=O) groups is 2. The molecule has 0 aliphatic carbocycles. The van der Waals surface area contributed by atoms with Gasteiger partial charge in [0.15, 0.2) is 0 Å². The maximum Gasteiger partial charge on any atom is 0.305 e. The van der Waals surface area contributed by atoms with Crippen LogP contribution in [0.3, 0.4) is 0 Å². The summed E-state index contributed by atoms with van der Waals surface area (Å²) in [5.41, 5.74) is 0. The van der Waals surface area contributed by atoms with Crippen LogP contribution in [0.2, 0.25) is 0 Å². The van der Waals surface area contributed by atoms with Crippen LogP contribution >= 0.6 is 0 Å². The molecule has 316 valence electrons. The molecule has 0 rings (SSSR count). The van der Waals surface area contributed by atoms with Crippen LogP contribution in [-0.2, 0) is 14.3 Å². The summed E-state index contributed by atoms with van der Waals surface area (Å²) in [5, 5.41) is 23.0. The Kier molecular flexibility index (Phi) is 42.2. The number of nitrogens with one attached hydrogen (secondary N) is 1. The van der Waals surface area contributed by atoms with Crippen molar-refractivity contribution in [2.24, 2.45) is 0 Å². The van der Waals surface area contributed by atoms with Crippen LogP contribution in [-0.4, -0.2) is 47.4 Å². The van der Waals surface area contributed by atoms with Crippen molar-refractivity contribution in [3.63, 3.8) is 0 Å². The SMILES string of the molecule is CCCCC/C=C\CCCCCCCC(=O)OCCCCC/C=C\C=C/CCCCCCCCC(=O)NC(CO)C(O)CCCCCCCCCCCC. The zero-order valence-electron chi connectivity index (χ0n) is 35.7. The lowest BCUT2D eigenvalue weighted by atomic mass is 10.0. The van der Waals surface area contributed by atoms with Crippen molar-refractivity contribution in [2.45, 2.75) is 244 Å². The molecule has 0 aromatic heterocycles. The largest absolute Gasteiger partial charge is 0.466 e. The molecular formula is C48H89NO5. The summed E-state index contributed by atoms with van der Waals surface area (Å²) in [6.07, 6.45) is 51.0. The van der Waals surface area contributed by atoms with Crippen molar-refractivity contribution in [1.82, 2.24) is 5.32 Å². The Labute approximate surface area is 334 Å². The standard InChI is InChI=1S/C48H89NO5/c1-3-5-7-9-11-13-15-22-26-30-34-38-42-48(53)54-43-39-35-31-27-23-20-18-16-17-19-21-25-29-33-37-41-47(52)49-45(44-50)46(51)40-36-32-28-24-14-12-10-8-6-4-2/h11,13,16,18,20,23,45-46,50-51H,3-10,12,14-15,17,19,21-22,24-44H2,1-2H3,(H,49,52)/b13-11-,18-16-,23-20-. The van der Waals surface area contributed by atoms with Crippen molar-refractivity contribution in [3.05, 3.63) is 36.5 Å². The van der Waals surface area contributed by atoms with Gasteiger partial charge in [0.05, 0.1) is 25.4 Å². The number of hydrogen-bond acceptors (Lipinski definition) is 5. The second kappa shape index (κ2) is 43.8. The maximum absolute atomic E-state index is 12.4. The highest BCUT2D eigenvalue weighted by molar-refractivity contribution is 5.76. The Hall–Kier alpha value is -1.92. The summed E-state index contributed by atoms with van der Waals surface area (Å²) in [6.45, 7) is 4.83. The van der Waals surface area contributed by atoms with Crippen LogP contribution in [0.1, 0.15) is 232 Å². The summed E-state index contributed by atoms with van der Waals surface area (Å²) in [4.78, 5) is 24.3. The first-order chi connectivity index (χ1) is 26.5.